The molecule has 4 rings (SSSR count). The molecule has 0 aliphatic carbocycles. The lowest BCUT2D eigenvalue weighted by Gasteiger charge is -2.15. The van der Waals surface area contributed by atoms with Crippen LogP contribution in [0.15, 0.2) is 70.6 Å². The van der Waals surface area contributed by atoms with Crippen LogP contribution in [0.25, 0.3) is 21.7 Å². The molecule has 32 heavy (non-hydrogen) atoms. The highest BCUT2D eigenvalue weighted by Crippen LogP contribution is 2.26. The summed E-state index contributed by atoms with van der Waals surface area (Å²) in [6.45, 7) is 4.01. The van der Waals surface area contributed by atoms with E-state index >= 15 is 0 Å². The van der Waals surface area contributed by atoms with E-state index in [0.29, 0.717) is 28.3 Å². The first-order valence-electron chi connectivity index (χ1n) is 10.0. The summed E-state index contributed by atoms with van der Waals surface area (Å²) < 4.78 is 1.57. The van der Waals surface area contributed by atoms with E-state index in [4.69, 9.17) is 0 Å². The summed E-state index contributed by atoms with van der Waals surface area (Å²) in [5, 5.41) is 15.9. The first kappa shape index (κ1) is 21.5. The number of thioether (sulfide) groups is 1. The highest BCUT2D eigenvalue weighted by Gasteiger charge is 2.20. The molecule has 1 N–H and O–H groups in total. The lowest BCUT2D eigenvalue weighted by molar-refractivity contribution is -0.384. The standard InChI is InChI=1S/C23H20N4O4S/c1-3-26-22(29)19-12-15-6-4-5-7-16(15)13-20(19)25-23(26)32-14(2)21(28)24-17-8-10-18(11-9-17)27(30)31/h4-14H,3H2,1-2H3,(H,24,28). The average molecular weight is 449 g/mol. The molecule has 1 amide bonds. The van der Waals surface area contributed by atoms with Gasteiger partial charge in [0.05, 0.1) is 21.1 Å². The van der Waals surface area contributed by atoms with Crippen molar-refractivity contribution in [3.63, 3.8) is 0 Å². The average Bonchev–Trinajstić information content (AvgIpc) is 2.78. The molecule has 0 aliphatic heterocycles. The molecule has 0 fully saturated rings. The Morgan fingerprint density at radius 1 is 1.16 bits per heavy atom. The number of hydrogen-bond donors (Lipinski definition) is 1. The van der Waals surface area contributed by atoms with Gasteiger partial charge in [-0.2, -0.15) is 0 Å². The summed E-state index contributed by atoms with van der Waals surface area (Å²) in [6, 6.07) is 17.1. The van der Waals surface area contributed by atoms with Gasteiger partial charge in [-0.05, 0) is 48.9 Å². The van der Waals surface area contributed by atoms with E-state index in [0.717, 1.165) is 10.8 Å². The van der Waals surface area contributed by atoms with Gasteiger partial charge in [0, 0.05) is 24.4 Å². The second kappa shape index (κ2) is 8.80. The molecule has 4 aromatic rings. The summed E-state index contributed by atoms with van der Waals surface area (Å²) in [6.07, 6.45) is 0. The van der Waals surface area contributed by atoms with Gasteiger partial charge in [-0.25, -0.2) is 4.98 Å². The summed E-state index contributed by atoms with van der Waals surface area (Å²) in [5.74, 6) is -0.292. The molecule has 9 heteroatoms. The molecule has 1 heterocycles. The number of amides is 1. The van der Waals surface area contributed by atoms with Crippen LogP contribution in [0.4, 0.5) is 11.4 Å². The Labute approximate surface area is 187 Å². The fraction of sp³-hybridized carbons (Fsp3) is 0.174. The number of nitro groups is 1. The minimum Gasteiger partial charge on any atom is -0.325 e. The fourth-order valence-electron chi connectivity index (χ4n) is 3.38. The van der Waals surface area contributed by atoms with E-state index in [1.807, 2.05) is 43.3 Å². The molecule has 0 saturated heterocycles. The predicted molar refractivity (Wildman–Crippen MR) is 126 cm³/mol. The Hall–Kier alpha value is -3.72. The fourth-order valence-corrected chi connectivity index (χ4v) is 4.35. The summed E-state index contributed by atoms with van der Waals surface area (Å²) >= 11 is 1.20. The largest absolute Gasteiger partial charge is 0.325 e. The highest BCUT2D eigenvalue weighted by atomic mass is 32.2. The first-order valence-corrected chi connectivity index (χ1v) is 10.9. The molecular formula is C23H20N4O4S. The maximum absolute atomic E-state index is 13.1. The molecule has 0 spiro atoms. The predicted octanol–water partition coefficient (Wildman–Crippen LogP) is 4.60. The maximum atomic E-state index is 13.1. The first-order chi connectivity index (χ1) is 15.4. The Bertz CT molecular complexity index is 1400. The number of rotatable bonds is 6. The van der Waals surface area contributed by atoms with Gasteiger partial charge in [-0.15, -0.1) is 0 Å². The lowest BCUT2D eigenvalue weighted by atomic mass is 10.1. The maximum Gasteiger partial charge on any atom is 0.269 e. The highest BCUT2D eigenvalue weighted by molar-refractivity contribution is 8.00. The zero-order valence-corrected chi connectivity index (χ0v) is 18.3. The number of anilines is 1. The van der Waals surface area contributed by atoms with Crippen LogP contribution in [0.1, 0.15) is 13.8 Å². The normalized spacial score (nSPS) is 12.1. The Balaban J connectivity index is 1.62. The number of carbonyl (C=O) groups excluding carboxylic acids is 1. The molecular weight excluding hydrogens is 428 g/mol. The molecule has 0 aliphatic rings. The summed E-state index contributed by atoms with van der Waals surface area (Å²) in [7, 11) is 0. The second-order valence-electron chi connectivity index (χ2n) is 7.21. The quantitative estimate of drug-likeness (QED) is 0.152. The van der Waals surface area contributed by atoms with Crippen molar-refractivity contribution in [1.29, 1.82) is 0 Å². The Kier molecular flexibility index (Phi) is 5.91. The van der Waals surface area contributed by atoms with Gasteiger partial charge in [-0.1, -0.05) is 36.0 Å². The van der Waals surface area contributed by atoms with Gasteiger partial charge in [0.25, 0.3) is 11.2 Å². The van der Waals surface area contributed by atoms with Gasteiger partial charge < -0.3 is 5.32 Å². The number of fused-ring (bicyclic) bond motifs is 2. The van der Waals surface area contributed by atoms with Crippen LogP contribution >= 0.6 is 11.8 Å². The molecule has 1 aromatic heterocycles. The zero-order chi connectivity index (χ0) is 22.8. The number of aromatic nitrogens is 2. The van der Waals surface area contributed by atoms with Gasteiger partial charge in [0.1, 0.15) is 0 Å². The van der Waals surface area contributed by atoms with Crippen molar-refractivity contribution in [2.45, 2.75) is 30.8 Å². The van der Waals surface area contributed by atoms with E-state index < -0.39 is 10.2 Å². The Morgan fingerprint density at radius 3 is 2.44 bits per heavy atom. The zero-order valence-electron chi connectivity index (χ0n) is 17.4. The van der Waals surface area contributed by atoms with Crippen LogP contribution in [0.3, 0.4) is 0 Å². The number of hydrogen-bond acceptors (Lipinski definition) is 6. The number of nitro benzene ring substituents is 1. The molecule has 8 nitrogen and oxygen atoms in total. The third-order valence-electron chi connectivity index (χ3n) is 5.10. The number of benzene rings is 3. The lowest BCUT2D eigenvalue weighted by Crippen LogP contribution is -2.26. The van der Waals surface area contributed by atoms with Gasteiger partial charge in [0.15, 0.2) is 5.16 Å². The van der Waals surface area contributed by atoms with E-state index in [2.05, 4.69) is 10.3 Å². The second-order valence-corrected chi connectivity index (χ2v) is 8.52. The van der Waals surface area contributed by atoms with Crippen molar-refractivity contribution >= 4 is 50.7 Å². The minimum absolute atomic E-state index is 0.0507. The third kappa shape index (κ3) is 4.19. The topological polar surface area (TPSA) is 107 Å². The minimum atomic E-state index is -0.548. The van der Waals surface area contributed by atoms with Gasteiger partial charge in [0.2, 0.25) is 5.91 Å². The molecule has 0 bridgehead atoms. The van der Waals surface area contributed by atoms with Crippen molar-refractivity contribution in [2.75, 3.05) is 5.32 Å². The van der Waals surface area contributed by atoms with Crippen molar-refractivity contribution < 1.29 is 9.72 Å². The van der Waals surface area contributed by atoms with Gasteiger partial charge in [-0.3, -0.25) is 24.3 Å². The molecule has 162 valence electrons. The SMILES string of the molecule is CCn1c(SC(C)C(=O)Nc2ccc([N+](=O)[O-])cc2)nc2cc3ccccc3cc2c1=O. The van der Waals surface area contributed by atoms with Crippen LogP contribution in [0, 0.1) is 10.1 Å². The van der Waals surface area contributed by atoms with Crippen LogP contribution in [-0.2, 0) is 11.3 Å². The molecule has 3 aromatic carbocycles. The van der Waals surface area contributed by atoms with E-state index in [1.165, 1.54) is 36.0 Å². The van der Waals surface area contributed by atoms with E-state index in [1.54, 1.807) is 11.5 Å². The summed E-state index contributed by atoms with van der Waals surface area (Å²) in [4.78, 5) is 40.8. The van der Waals surface area contributed by atoms with E-state index in [9.17, 15) is 19.7 Å². The molecule has 0 radical (unpaired) electrons. The van der Waals surface area contributed by atoms with Crippen LogP contribution in [-0.4, -0.2) is 25.6 Å². The van der Waals surface area contributed by atoms with Gasteiger partial charge >= 0.3 is 0 Å². The summed E-state index contributed by atoms with van der Waals surface area (Å²) in [5.41, 5.74) is 0.849. The number of non-ortho nitro benzene ring substituents is 1. The van der Waals surface area contributed by atoms with Crippen LogP contribution in [0.5, 0.6) is 0 Å². The number of nitrogens with zero attached hydrogens (tertiary/aromatic N) is 3. The molecule has 0 saturated carbocycles. The molecule has 1 atom stereocenters. The smallest absolute Gasteiger partial charge is 0.269 e. The van der Waals surface area contributed by atoms with Crippen molar-refractivity contribution in [3.8, 4) is 0 Å². The monoisotopic (exact) mass is 448 g/mol. The van der Waals surface area contributed by atoms with Crippen LogP contribution in [0.2, 0.25) is 0 Å². The van der Waals surface area contributed by atoms with Crippen molar-refractivity contribution in [2.24, 2.45) is 0 Å². The Morgan fingerprint density at radius 2 is 1.81 bits per heavy atom. The number of nitrogens with one attached hydrogen (secondary N) is 1. The van der Waals surface area contributed by atoms with Crippen LogP contribution < -0.4 is 10.9 Å². The molecule has 1 unspecified atom stereocenters. The van der Waals surface area contributed by atoms with Crippen molar-refractivity contribution in [1.82, 2.24) is 9.55 Å². The number of carbonyl (C=O) groups is 1. The third-order valence-corrected chi connectivity index (χ3v) is 6.19. The van der Waals surface area contributed by atoms with E-state index in [-0.39, 0.29) is 17.2 Å². The van der Waals surface area contributed by atoms with Crippen molar-refractivity contribution in [3.05, 3.63) is 81.1 Å².